The van der Waals surface area contributed by atoms with Gasteiger partial charge in [0.25, 0.3) is 0 Å². The van der Waals surface area contributed by atoms with Gasteiger partial charge in [-0.15, -0.1) is 0 Å². The van der Waals surface area contributed by atoms with Crippen LogP contribution in [0.15, 0.2) is 65.9 Å². The highest BCUT2D eigenvalue weighted by Gasteiger charge is 2.07. The number of rotatable bonds is 8. The second kappa shape index (κ2) is 10.4. The molecule has 1 unspecified atom stereocenters. The molecule has 3 aromatic rings. The molecule has 0 radical (unpaired) electrons. The molecule has 0 spiro atoms. The van der Waals surface area contributed by atoms with Crippen LogP contribution in [0.3, 0.4) is 0 Å². The van der Waals surface area contributed by atoms with Gasteiger partial charge in [0.05, 0.1) is 6.54 Å². The van der Waals surface area contributed by atoms with Crippen molar-refractivity contribution in [3.63, 3.8) is 0 Å². The molecule has 2 N–H and O–H groups in total. The lowest BCUT2D eigenvalue weighted by Crippen LogP contribution is -2.41. The minimum absolute atomic E-state index is 0.146. The van der Waals surface area contributed by atoms with E-state index in [9.17, 15) is 4.39 Å². The summed E-state index contributed by atoms with van der Waals surface area (Å²) in [5.74, 6) is 1.88. The van der Waals surface area contributed by atoms with Gasteiger partial charge in [-0.3, -0.25) is 4.99 Å². The van der Waals surface area contributed by atoms with Crippen LogP contribution in [0.4, 0.5) is 4.39 Å². The predicted molar refractivity (Wildman–Crippen MR) is 117 cm³/mol. The number of hydrogen-bond acceptors (Lipinski definition) is 3. The molecule has 0 saturated carbocycles. The van der Waals surface area contributed by atoms with Gasteiger partial charge in [-0.05, 0) is 37.1 Å². The van der Waals surface area contributed by atoms with Gasteiger partial charge in [0.15, 0.2) is 5.96 Å². The molecule has 30 heavy (non-hydrogen) atoms. The second-order valence-corrected chi connectivity index (χ2v) is 7.11. The highest BCUT2D eigenvalue weighted by atomic mass is 19.1. The third-order valence-electron chi connectivity index (χ3n) is 4.64. The fourth-order valence-electron chi connectivity index (χ4n) is 3.07. The number of hydrogen-bond donors (Lipinski definition) is 2. The molecule has 0 aliphatic heterocycles. The summed E-state index contributed by atoms with van der Waals surface area (Å²) in [6.45, 7) is 5.90. The van der Waals surface area contributed by atoms with Crippen molar-refractivity contribution in [1.29, 1.82) is 0 Å². The van der Waals surface area contributed by atoms with Gasteiger partial charge in [-0.25, -0.2) is 9.37 Å². The molecular formula is C23H28FN5O. The zero-order valence-corrected chi connectivity index (χ0v) is 17.6. The van der Waals surface area contributed by atoms with E-state index in [0.29, 0.717) is 24.8 Å². The second-order valence-electron chi connectivity index (χ2n) is 7.11. The summed E-state index contributed by atoms with van der Waals surface area (Å²) >= 11 is 0. The van der Waals surface area contributed by atoms with E-state index in [-0.39, 0.29) is 11.9 Å². The summed E-state index contributed by atoms with van der Waals surface area (Å²) in [6.07, 6.45) is 3.65. The first kappa shape index (κ1) is 21.4. The molecular weight excluding hydrogens is 381 g/mol. The van der Waals surface area contributed by atoms with Crippen LogP contribution in [0.1, 0.15) is 23.9 Å². The van der Waals surface area contributed by atoms with Crippen molar-refractivity contribution in [2.75, 3.05) is 13.6 Å². The summed E-state index contributed by atoms with van der Waals surface area (Å²) < 4.78 is 21.1. The highest BCUT2D eigenvalue weighted by molar-refractivity contribution is 5.79. The number of guanidine groups is 1. The fraction of sp³-hybridized carbons (Fsp3) is 0.304. The number of aliphatic imine (C=N–C) groups is 1. The third kappa shape index (κ3) is 6.34. The van der Waals surface area contributed by atoms with Crippen LogP contribution in [-0.4, -0.2) is 35.2 Å². The van der Waals surface area contributed by atoms with Crippen LogP contribution in [0.5, 0.6) is 5.75 Å². The number of halogens is 1. The van der Waals surface area contributed by atoms with Crippen LogP contribution in [0.25, 0.3) is 0 Å². The molecule has 3 rings (SSSR count). The topological polar surface area (TPSA) is 63.5 Å². The zero-order valence-electron chi connectivity index (χ0n) is 17.6. The largest absolute Gasteiger partial charge is 0.489 e. The van der Waals surface area contributed by atoms with Gasteiger partial charge in [-0.2, -0.15) is 0 Å². The Morgan fingerprint density at radius 1 is 1.17 bits per heavy atom. The smallest absolute Gasteiger partial charge is 0.191 e. The van der Waals surface area contributed by atoms with E-state index in [1.807, 2.05) is 26.2 Å². The van der Waals surface area contributed by atoms with E-state index in [4.69, 9.17) is 4.74 Å². The monoisotopic (exact) mass is 409 g/mol. The molecule has 0 aliphatic carbocycles. The van der Waals surface area contributed by atoms with Crippen molar-refractivity contribution in [2.24, 2.45) is 4.99 Å². The van der Waals surface area contributed by atoms with Crippen molar-refractivity contribution < 1.29 is 9.13 Å². The van der Waals surface area contributed by atoms with Crippen molar-refractivity contribution in [3.05, 3.63) is 83.7 Å². The van der Waals surface area contributed by atoms with Gasteiger partial charge in [0.1, 0.15) is 23.5 Å². The molecule has 0 aliphatic rings. The first-order valence-electron chi connectivity index (χ1n) is 9.96. The maximum Gasteiger partial charge on any atom is 0.191 e. The van der Waals surface area contributed by atoms with Gasteiger partial charge in [0.2, 0.25) is 0 Å². The molecule has 1 aromatic heterocycles. The van der Waals surface area contributed by atoms with Crippen LogP contribution >= 0.6 is 0 Å². The number of aromatic nitrogens is 2. The Morgan fingerprint density at radius 3 is 2.70 bits per heavy atom. The van der Waals surface area contributed by atoms with Gasteiger partial charge in [-0.1, -0.05) is 30.3 Å². The van der Waals surface area contributed by atoms with E-state index in [0.717, 1.165) is 17.9 Å². The van der Waals surface area contributed by atoms with Gasteiger partial charge in [0, 0.05) is 38.6 Å². The van der Waals surface area contributed by atoms with Crippen molar-refractivity contribution in [1.82, 2.24) is 20.2 Å². The number of nitrogens with one attached hydrogen (secondary N) is 2. The number of ether oxygens (including phenoxy) is 1. The molecule has 158 valence electrons. The number of benzene rings is 2. The van der Waals surface area contributed by atoms with E-state index in [1.54, 1.807) is 19.2 Å². The first-order valence-corrected chi connectivity index (χ1v) is 9.96. The summed E-state index contributed by atoms with van der Waals surface area (Å²) in [6, 6.07) is 14.6. The Morgan fingerprint density at radius 2 is 1.97 bits per heavy atom. The molecule has 0 amide bonds. The molecule has 0 saturated heterocycles. The van der Waals surface area contributed by atoms with E-state index < -0.39 is 0 Å². The maximum absolute atomic E-state index is 13.3. The number of aryl methyl sites for hydroxylation is 1. The third-order valence-corrected chi connectivity index (χ3v) is 4.64. The van der Waals surface area contributed by atoms with E-state index >= 15 is 0 Å². The highest BCUT2D eigenvalue weighted by Crippen LogP contribution is 2.13. The van der Waals surface area contributed by atoms with E-state index in [2.05, 4.69) is 49.4 Å². The molecule has 7 heteroatoms. The lowest BCUT2D eigenvalue weighted by atomic mass is 10.1. The molecule has 2 aromatic carbocycles. The average molecular weight is 410 g/mol. The summed E-state index contributed by atoms with van der Waals surface area (Å²) in [5, 5.41) is 6.56. The minimum Gasteiger partial charge on any atom is -0.489 e. The first-order chi connectivity index (χ1) is 14.5. The SMILES string of the molecule is CN=C(NCc1cccc(Cn2ccnc2C)c1)NCC(C)Oc1cccc(F)c1. The Bertz CT molecular complexity index is 985. The van der Waals surface area contributed by atoms with Gasteiger partial charge < -0.3 is 19.9 Å². The zero-order chi connectivity index (χ0) is 21.3. The van der Waals surface area contributed by atoms with E-state index in [1.165, 1.54) is 17.7 Å². The Hall–Kier alpha value is -3.35. The standard InChI is InChI=1S/C23H28FN5O/c1-17(30-22-9-5-8-21(24)13-22)14-27-23(25-3)28-15-19-6-4-7-20(12-19)16-29-11-10-26-18(29)2/h4-13,17H,14-16H2,1-3H3,(H2,25,27,28). The predicted octanol–water partition coefficient (Wildman–Crippen LogP) is 3.51. The quantitative estimate of drug-likeness (QED) is 0.441. The number of nitrogens with zero attached hydrogens (tertiary/aromatic N) is 3. The Labute approximate surface area is 176 Å². The van der Waals surface area contributed by atoms with Crippen LogP contribution in [0, 0.1) is 12.7 Å². The molecule has 6 nitrogen and oxygen atoms in total. The Kier molecular flexibility index (Phi) is 7.43. The molecule has 0 fully saturated rings. The van der Waals surface area contributed by atoms with Crippen LogP contribution in [0.2, 0.25) is 0 Å². The lowest BCUT2D eigenvalue weighted by molar-refractivity contribution is 0.223. The number of imidazole rings is 1. The molecule has 1 heterocycles. The average Bonchev–Trinajstić information content (AvgIpc) is 3.13. The summed E-state index contributed by atoms with van der Waals surface area (Å²) in [7, 11) is 1.73. The van der Waals surface area contributed by atoms with Crippen molar-refractivity contribution in [3.8, 4) is 5.75 Å². The van der Waals surface area contributed by atoms with Crippen LogP contribution in [-0.2, 0) is 13.1 Å². The van der Waals surface area contributed by atoms with Gasteiger partial charge >= 0.3 is 0 Å². The molecule has 1 atom stereocenters. The van der Waals surface area contributed by atoms with Crippen molar-refractivity contribution >= 4 is 5.96 Å². The van der Waals surface area contributed by atoms with Crippen LogP contribution < -0.4 is 15.4 Å². The summed E-state index contributed by atoms with van der Waals surface area (Å²) in [4.78, 5) is 8.53. The Balaban J connectivity index is 1.48. The minimum atomic E-state index is -0.310. The fourth-order valence-corrected chi connectivity index (χ4v) is 3.07. The lowest BCUT2D eigenvalue weighted by Gasteiger charge is -2.18. The summed E-state index contributed by atoms with van der Waals surface area (Å²) in [5.41, 5.74) is 2.38. The maximum atomic E-state index is 13.3. The molecule has 0 bridgehead atoms. The van der Waals surface area contributed by atoms with Crippen molar-refractivity contribution in [2.45, 2.75) is 33.0 Å². The normalized spacial score (nSPS) is 12.5.